The lowest BCUT2D eigenvalue weighted by molar-refractivity contribution is -0.153. The van der Waals surface area contributed by atoms with E-state index in [1.165, 1.54) is 13.2 Å². The zero-order valence-corrected chi connectivity index (χ0v) is 21.3. The SMILES string of the molecule is CCOC(=O)C(C(C)=O)C(=O)/C(C#N)=C\c1cc2[nH]c(-c3ccccc3)c(-c3ccccc3)c2cc1OC. The molecule has 1 N–H and O–H groups in total. The number of allylic oxidation sites excluding steroid dienone is 1. The molecule has 0 radical (unpaired) electrons. The Morgan fingerprint density at radius 2 is 1.63 bits per heavy atom. The molecule has 3 aromatic carbocycles. The largest absolute Gasteiger partial charge is 0.496 e. The Morgan fingerprint density at radius 3 is 2.18 bits per heavy atom. The number of nitriles is 1. The van der Waals surface area contributed by atoms with Crippen LogP contribution in [0.5, 0.6) is 5.75 Å². The van der Waals surface area contributed by atoms with Crippen LogP contribution in [0.4, 0.5) is 0 Å². The summed E-state index contributed by atoms with van der Waals surface area (Å²) in [5.74, 6) is -3.86. The number of nitrogens with one attached hydrogen (secondary N) is 1. The summed E-state index contributed by atoms with van der Waals surface area (Å²) in [4.78, 5) is 40.9. The van der Waals surface area contributed by atoms with E-state index in [0.29, 0.717) is 11.3 Å². The lowest BCUT2D eigenvalue weighted by Crippen LogP contribution is -2.32. The second-order valence-electron chi connectivity index (χ2n) is 8.58. The monoisotopic (exact) mass is 506 g/mol. The maximum absolute atomic E-state index is 13.1. The number of rotatable bonds is 9. The molecule has 4 aromatic rings. The average molecular weight is 507 g/mol. The topological polar surface area (TPSA) is 109 Å². The Kier molecular flexibility index (Phi) is 7.83. The normalized spacial score (nSPS) is 12.0. The maximum atomic E-state index is 13.1. The van der Waals surface area contributed by atoms with E-state index in [9.17, 15) is 19.6 Å². The van der Waals surface area contributed by atoms with Crippen molar-refractivity contribution in [2.75, 3.05) is 13.7 Å². The van der Waals surface area contributed by atoms with Crippen LogP contribution in [-0.4, -0.2) is 36.2 Å². The number of ketones is 2. The minimum Gasteiger partial charge on any atom is -0.496 e. The molecule has 0 aliphatic rings. The van der Waals surface area contributed by atoms with Crippen LogP contribution in [0.1, 0.15) is 19.4 Å². The molecule has 0 aliphatic carbocycles. The molecule has 0 saturated heterocycles. The van der Waals surface area contributed by atoms with E-state index in [0.717, 1.165) is 40.2 Å². The first-order valence-electron chi connectivity index (χ1n) is 12.1. The molecule has 1 heterocycles. The number of methoxy groups -OCH3 is 1. The number of carbonyl (C=O) groups is 3. The summed E-state index contributed by atoms with van der Waals surface area (Å²) in [5.41, 5.74) is 4.74. The van der Waals surface area contributed by atoms with Crippen LogP contribution >= 0.6 is 0 Å². The van der Waals surface area contributed by atoms with Crippen LogP contribution in [0.15, 0.2) is 78.4 Å². The van der Waals surface area contributed by atoms with Gasteiger partial charge < -0.3 is 14.5 Å². The lowest BCUT2D eigenvalue weighted by atomic mass is 9.93. The van der Waals surface area contributed by atoms with E-state index < -0.39 is 23.5 Å². The fourth-order valence-electron chi connectivity index (χ4n) is 4.41. The van der Waals surface area contributed by atoms with Gasteiger partial charge in [-0.15, -0.1) is 0 Å². The minimum absolute atomic E-state index is 0.00625. The van der Waals surface area contributed by atoms with Crippen molar-refractivity contribution in [3.05, 3.63) is 83.9 Å². The van der Waals surface area contributed by atoms with Gasteiger partial charge in [0.25, 0.3) is 0 Å². The molecule has 0 spiro atoms. The molecule has 4 rings (SSSR count). The van der Waals surface area contributed by atoms with Gasteiger partial charge in [-0.2, -0.15) is 5.26 Å². The van der Waals surface area contributed by atoms with Crippen molar-refractivity contribution < 1.29 is 23.9 Å². The molecule has 1 aromatic heterocycles. The number of Topliss-reactive ketones (excluding diaryl/α,β-unsaturated/α-hetero) is 2. The third kappa shape index (κ3) is 5.11. The number of ether oxygens (including phenoxy) is 2. The summed E-state index contributed by atoms with van der Waals surface area (Å²) in [6.45, 7) is 2.70. The number of benzene rings is 3. The third-order valence-corrected chi connectivity index (χ3v) is 6.15. The van der Waals surface area contributed by atoms with Crippen molar-refractivity contribution in [1.82, 2.24) is 4.98 Å². The standard InChI is InChI=1S/C31H26N2O5/c1-4-38-31(36)27(19(2)34)30(35)23(18-32)15-22-16-25-24(17-26(22)37-3)28(20-11-7-5-8-12-20)29(33-25)21-13-9-6-10-14-21/h5-17,27,33H,4H2,1-3H3/b23-15-. The second-order valence-corrected chi connectivity index (χ2v) is 8.58. The predicted molar refractivity (Wildman–Crippen MR) is 145 cm³/mol. The van der Waals surface area contributed by atoms with Gasteiger partial charge in [0.05, 0.1) is 25.0 Å². The van der Waals surface area contributed by atoms with Crippen molar-refractivity contribution in [3.63, 3.8) is 0 Å². The lowest BCUT2D eigenvalue weighted by Gasteiger charge is -2.12. The highest BCUT2D eigenvalue weighted by atomic mass is 16.5. The average Bonchev–Trinajstić information content (AvgIpc) is 3.30. The van der Waals surface area contributed by atoms with Gasteiger partial charge in [0, 0.05) is 22.0 Å². The third-order valence-electron chi connectivity index (χ3n) is 6.15. The molecule has 190 valence electrons. The molecular weight excluding hydrogens is 480 g/mol. The van der Waals surface area contributed by atoms with Gasteiger partial charge in [-0.1, -0.05) is 60.7 Å². The number of aromatic nitrogens is 1. The number of nitrogens with zero attached hydrogens (tertiary/aromatic N) is 1. The number of hydrogen-bond donors (Lipinski definition) is 1. The van der Waals surface area contributed by atoms with Crippen molar-refractivity contribution in [2.24, 2.45) is 5.92 Å². The molecule has 7 heteroatoms. The van der Waals surface area contributed by atoms with Gasteiger partial charge in [-0.25, -0.2) is 0 Å². The first-order chi connectivity index (χ1) is 18.4. The van der Waals surface area contributed by atoms with Crippen LogP contribution in [0.25, 0.3) is 39.4 Å². The summed E-state index contributed by atoms with van der Waals surface area (Å²) in [6, 6.07) is 25.3. The van der Waals surface area contributed by atoms with Crippen molar-refractivity contribution in [1.29, 1.82) is 5.26 Å². The van der Waals surface area contributed by atoms with E-state index in [1.807, 2.05) is 72.8 Å². The minimum atomic E-state index is -1.70. The summed E-state index contributed by atoms with van der Waals surface area (Å²) >= 11 is 0. The van der Waals surface area contributed by atoms with Crippen molar-refractivity contribution in [3.8, 4) is 34.2 Å². The van der Waals surface area contributed by atoms with Gasteiger partial charge in [0.15, 0.2) is 17.5 Å². The highest BCUT2D eigenvalue weighted by molar-refractivity contribution is 6.24. The predicted octanol–water partition coefficient (Wildman–Crippen LogP) is 5.75. The zero-order valence-electron chi connectivity index (χ0n) is 21.3. The summed E-state index contributed by atoms with van der Waals surface area (Å²) < 4.78 is 10.5. The number of hydrogen-bond acceptors (Lipinski definition) is 6. The number of H-pyrrole nitrogens is 1. The molecule has 0 bridgehead atoms. The number of aromatic amines is 1. The fourth-order valence-corrected chi connectivity index (χ4v) is 4.41. The molecule has 1 atom stereocenters. The molecule has 38 heavy (non-hydrogen) atoms. The van der Waals surface area contributed by atoms with Gasteiger partial charge in [-0.3, -0.25) is 14.4 Å². The summed E-state index contributed by atoms with van der Waals surface area (Å²) in [5, 5.41) is 10.7. The Hall–Kier alpha value is -4.96. The van der Waals surface area contributed by atoms with E-state index >= 15 is 0 Å². The van der Waals surface area contributed by atoms with Crippen LogP contribution in [-0.2, 0) is 19.1 Å². The molecule has 7 nitrogen and oxygen atoms in total. The fraction of sp³-hybridized carbons (Fsp3) is 0.161. The van der Waals surface area contributed by atoms with Gasteiger partial charge in [0.1, 0.15) is 11.8 Å². The van der Waals surface area contributed by atoms with Gasteiger partial charge >= 0.3 is 5.97 Å². The van der Waals surface area contributed by atoms with Crippen molar-refractivity contribution in [2.45, 2.75) is 13.8 Å². The number of carbonyl (C=O) groups excluding carboxylic acids is 3. The molecular formula is C31H26N2O5. The Balaban J connectivity index is 1.90. The zero-order chi connectivity index (χ0) is 27.2. The first-order valence-corrected chi connectivity index (χ1v) is 12.1. The smallest absolute Gasteiger partial charge is 0.324 e. The summed E-state index contributed by atoms with van der Waals surface area (Å²) in [7, 11) is 1.50. The molecule has 0 aliphatic heterocycles. The highest BCUT2D eigenvalue weighted by Crippen LogP contribution is 2.41. The number of fused-ring (bicyclic) bond motifs is 1. The highest BCUT2D eigenvalue weighted by Gasteiger charge is 2.34. The maximum Gasteiger partial charge on any atom is 0.324 e. The molecule has 1 unspecified atom stereocenters. The Bertz CT molecular complexity index is 1580. The van der Waals surface area contributed by atoms with Gasteiger partial charge in [0.2, 0.25) is 0 Å². The Labute approximate surface area is 220 Å². The molecule has 0 saturated carbocycles. The van der Waals surface area contributed by atoms with E-state index in [1.54, 1.807) is 13.0 Å². The number of esters is 1. The van der Waals surface area contributed by atoms with E-state index in [4.69, 9.17) is 9.47 Å². The van der Waals surface area contributed by atoms with Gasteiger partial charge in [-0.05, 0) is 43.2 Å². The Morgan fingerprint density at radius 1 is 1.00 bits per heavy atom. The summed E-state index contributed by atoms with van der Waals surface area (Å²) in [6.07, 6.45) is 1.33. The van der Waals surface area contributed by atoms with Crippen molar-refractivity contribution >= 4 is 34.5 Å². The van der Waals surface area contributed by atoms with E-state index in [2.05, 4.69) is 4.98 Å². The first kappa shape index (κ1) is 26.1. The van der Waals surface area contributed by atoms with Crippen LogP contribution in [0.2, 0.25) is 0 Å². The molecule has 0 amide bonds. The quantitative estimate of drug-likeness (QED) is 0.134. The van der Waals surface area contributed by atoms with E-state index in [-0.39, 0.29) is 12.2 Å². The second kappa shape index (κ2) is 11.4. The van der Waals surface area contributed by atoms with Crippen LogP contribution < -0.4 is 4.74 Å². The van der Waals surface area contributed by atoms with Crippen LogP contribution in [0.3, 0.4) is 0 Å². The van der Waals surface area contributed by atoms with Crippen LogP contribution in [0, 0.1) is 17.2 Å². The molecule has 0 fully saturated rings.